The number of carbonyl (C=O) groups is 1. The highest BCUT2D eigenvalue weighted by Crippen LogP contribution is 2.20. The fourth-order valence-electron chi connectivity index (χ4n) is 1.81. The summed E-state index contributed by atoms with van der Waals surface area (Å²) >= 11 is 5.75. The van der Waals surface area contributed by atoms with Crippen LogP contribution in [0.2, 0.25) is 5.02 Å². The van der Waals surface area contributed by atoms with Crippen molar-refractivity contribution in [3.8, 4) is 5.69 Å². The molecule has 1 aromatic heterocycles. The Morgan fingerprint density at radius 3 is 2.77 bits per heavy atom. The number of aliphatic hydroxyl groups is 1. The van der Waals surface area contributed by atoms with Crippen molar-refractivity contribution >= 4 is 17.5 Å². The van der Waals surface area contributed by atoms with Gasteiger partial charge >= 0.3 is 0 Å². The average molecular weight is 327 g/mol. The summed E-state index contributed by atoms with van der Waals surface area (Å²) in [6.45, 7) is 4.83. The summed E-state index contributed by atoms with van der Waals surface area (Å²) in [6, 6.07) is 4.10. The topological polar surface area (TPSA) is 80.0 Å². The zero-order valence-electron chi connectivity index (χ0n) is 12.4. The lowest BCUT2D eigenvalue weighted by Gasteiger charge is -2.22. The van der Waals surface area contributed by atoms with Crippen molar-refractivity contribution < 1.29 is 14.3 Å². The molecule has 0 atom stereocenters. The number of aromatic nitrogens is 3. The van der Waals surface area contributed by atoms with Gasteiger partial charge in [-0.2, -0.15) is 0 Å². The maximum atomic E-state index is 13.2. The molecule has 0 bridgehead atoms. The van der Waals surface area contributed by atoms with Gasteiger partial charge in [-0.25, -0.2) is 9.07 Å². The molecule has 2 aromatic rings. The van der Waals surface area contributed by atoms with E-state index in [0.29, 0.717) is 11.4 Å². The number of amides is 1. The maximum absolute atomic E-state index is 13.2. The second-order valence-corrected chi connectivity index (χ2v) is 5.94. The van der Waals surface area contributed by atoms with Gasteiger partial charge in [-0.3, -0.25) is 4.79 Å². The van der Waals surface area contributed by atoms with Crippen molar-refractivity contribution in [1.82, 2.24) is 20.3 Å². The maximum Gasteiger partial charge on any atom is 0.274 e. The largest absolute Gasteiger partial charge is 0.394 e. The summed E-state index contributed by atoms with van der Waals surface area (Å²) in [5, 5.41) is 19.5. The Morgan fingerprint density at radius 1 is 1.50 bits per heavy atom. The van der Waals surface area contributed by atoms with Crippen molar-refractivity contribution in [1.29, 1.82) is 0 Å². The summed E-state index contributed by atoms with van der Waals surface area (Å²) in [6.07, 6.45) is 0. The van der Waals surface area contributed by atoms with Gasteiger partial charge in [0, 0.05) is 0 Å². The monoisotopic (exact) mass is 326 g/mol. The smallest absolute Gasteiger partial charge is 0.274 e. The molecule has 0 spiro atoms. The van der Waals surface area contributed by atoms with E-state index in [1.807, 2.05) is 0 Å². The Bertz CT molecular complexity index is 715. The van der Waals surface area contributed by atoms with E-state index in [2.05, 4.69) is 15.6 Å². The molecule has 0 unspecified atom stereocenters. The molecule has 2 rings (SSSR count). The third-order valence-corrected chi connectivity index (χ3v) is 3.39. The van der Waals surface area contributed by atoms with Gasteiger partial charge in [0.15, 0.2) is 5.69 Å². The van der Waals surface area contributed by atoms with Crippen molar-refractivity contribution in [2.45, 2.75) is 26.3 Å². The predicted molar refractivity (Wildman–Crippen MR) is 79.7 cm³/mol. The third kappa shape index (κ3) is 3.26. The molecule has 0 radical (unpaired) electrons. The normalized spacial score (nSPS) is 11.5. The van der Waals surface area contributed by atoms with Gasteiger partial charge in [0.25, 0.3) is 5.91 Å². The summed E-state index contributed by atoms with van der Waals surface area (Å²) < 4.78 is 14.6. The molecule has 2 N–H and O–H groups in total. The summed E-state index contributed by atoms with van der Waals surface area (Å²) in [5.41, 5.74) is 0.333. The van der Waals surface area contributed by atoms with E-state index in [1.54, 1.807) is 20.8 Å². The van der Waals surface area contributed by atoms with Gasteiger partial charge < -0.3 is 10.4 Å². The molecule has 0 aliphatic carbocycles. The summed E-state index contributed by atoms with van der Waals surface area (Å²) in [4.78, 5) is 12.2. The van der Waals surface area contributed by atoms with Crippen molar-refractivity contribution in [3.63, 3.8) is 0 Å². The molecule has 118 valence electrons. The highest BCUT2D eigenvalue weighted by atomic mass is 35.5. The molecule has 1 heterocycles. The quantitative estimate of drug-likeness (QED) is 0.899. The Balaban J connectivity index is 2.33. The zero-order chi connectivity index (χ0) is 16.5. The van der Waals surface area contributed by atoms with Gasteiger partial charge in [-0.15, -0.1) is 5.10 Å². The standard InChI is InChI=1S/C14H16ClFN4O2/c1-8-12(13(22)17-14(2,3)7-21)18-19-20(8)9-4-5-11(16)10(15)6-9/h4-6,21H,7H2,1-3H3,(H,17,22). The first kappa shape index (κ1) is 16.4. The molecule has 8 heteroatoms. The molecule has 0 saturated heterocycles. The van der Waals surface area contributed by atoms with Crippen molar-refractivity contribution in [2.24, 2.45) is 0 Å². The fourth-order valence-corrected chi connectivity index (χ4v) is 1.98. The predicted octanol–water partition coefficient (Wildman–Crippen LogP) is 1.87. The van der Waals surface area contributed by atoms with Gasteiger partial charge in [0.1, 0.15) is 5.82 Å². The minimum absolute atomic E-state index is 0.0418. The number of aliphatic hydroxyl groups excluding tert-OH is 1. The molecule has 0 aliphatic heterocycles. The number of carbonyl (C=O) groups excluding carboxylic acids is 1. The highest BCUT2D eigenvalue weighted by molar-refractivity contribution is 6.30. The van der Waals surface area contributed by atoms with Crippen LogP contribution < -0.4 is 5.32 Å². The van der Waals surface area contributed by atoms with E-state index in [-0.39, 0.29) is 17.3 Å². The zero-order valence-corrected chi connectivity index (χ0v) is 13.1. The molecule has 22 heavy (non-hydrogen) atoms. The average Bonchev–Trinajstić information content (AvgIpc) is 2.83. The van der Waals surface area contributed by atoms with Gasteiger partial charge in [-0.1, -0.05) is 16.8 Å². The van der Waals surface area contributed by atoms with Crippen LogP contribution in [0, 0.1) is 12.7 Å². The van der Waals surface area contributed by atoms with E-state index in [9.17, 15) is 14.3 Å². The Labute approximate surface area is 131 Å². The van der Waals surface area contributed by atoms with Gasteiger partial charge in [0.2, 0.25) is 0 Å². The van der Waals surface area contributed by atoms with Crippen molar-refractivity contribution in [2.75, 3.05) is 6.61 Å². The highest BCUT2D eigenvalue weighted by Gasteiger charge is 2.24. The number of rotatable bonds is 4. The lowest BCUT2D eigenvalue weighted by atomic mass is 10.1. The lowest BCUT2D eigenvalue weighted by molar-refractivity contribution is 0.0863. The van der Waals surface area contributed by atoms with E-state index in [4.69, 9.17) is 11.6 Å². The molecule has 6 nitrogen and oxygen atoms in total. The minimum atomic E-state index is -0.771. The second-order valence-electron chi connectivity index (χ2n) is 5.53. The van der Waals surface area contributed by atoms with Crippen LogP contribution in [-0.2, 0) is 0 Å². The fraction of sp³-hybridized carbons (Fsp3) is 0.357. The Morgan fingerprint density at radius 2 is 2.18 bits per heavy atom. The SMILES string of the molecule is Cc1c(C(=O)NC(C)(C)CO)nnn1-c1ccc(F)c(Cl)c1. The van der Waals surface area contributed by atoms with E-state index in [0.717, 1.165) is 0 Å². The van der Waals surface area contributed by atoms with Crippen LogP contribution in [0.4, 0.5) is 4.39 Å². The molecule has 1 amide bonds. The summed E-state index contributed by atoms with van der Waals surface area (Å²) in [7, 11) is 0. The molecule has 0 aliphatic rings. The molecule has 0 saturated carbocycles. The Hall–Kier alpha value is -1.99. The molecular weight excluding hydrogens is 311 g/mol. The lowest BCUT2D eigenvalue weighted by Crippen LogP contribution is -2.46. The van der Waals surface area contributed by atoms with Crippen LogP contribution in [0.25, 0.3) is 5.69 Å². The second kappa shape index (κ2) is 6.02. The van der Waals surface area contributed by atoms with E-state index >= 15 is 0 Å². The Kier molecular flexibility index (Phi) is 4.48. The van der Waals surface area contributed by atoms with Crippen molar-refractivity contribution in [3.05, 3.63) is 40.4 Å². The van der Waals surface area contributed by atoms with Crippen LogP contribution in [0.3, 0.4) is 0 Å². The van der Waals surface area contributed by atoms with Crippen LogP contribution in [0.15, 0.2) is 18.2 Å². The van der Waals surface area contributed by atoms with Gasteiger partial charge in [-0.05, 0) is 39.0 Å². The first-order chi connectivity index (χ1) is 10.2. The first-order valence-electron chi connectivity index (χ1n) is 6.56. The number of nitrogens with zero attached hydrogens (tertiary/aromatic N) is 3. The molecule has 0 fully saturated rings. The number of nitrogens with one attached hydrogen (secondary N) is 1. The van der Waals surface area contributed by atoms with E-state index in [1.165, 1.54) is 22.9 Å². The van der Waals surface area contributed by atoms with E-state index < -0.39 is 17.3 Å². The number of hydrogen-bond donors (Lipinski definition) is 2. The molecular formula is C14H16ClFN4O2. The number of benzene rings is 1. The summed E-state index contributed by atoms with van der Waals surface area (Å²) in [5.74, 6) is -0.984. The third-order valence-electron chi connectivity index (χ3n) is 3.10. The van der Waals surface area contributed by atoms with Crippen LogP contribution >= 0.6 is 11.6 Å². The first-order valence-corrected chi connectivity index (χ1v) is 6.94. The van der Waals surface area contributed by atoms with Gasteiger partial charge in [0.05, 0.1) is 28.5 Å². The van der Waals surface area contributed by atoms with Crippen LogP contribution in [0.1, 0.15) is 30.0 Å². The van der Waals surface area contributed by atoms with Crippen LogP contribution in [-0.4, -0.2) is 38.2 Å². The number of hydrogen-bond acceptors (Lipinski definition) is 4. The number of halogens is 2. The van der Waals surface area contributed by atoms with Crippen LogP contribution in [0.5, 0.6) is 0 Å². The molecule has 1 aromatic carbocycles. The minimum Gasteiger partial charge on any atom is -0.394 e.